The summed E-state index contributed by atoms with van der Waals surface area (Å²) in [6, 6.07) is 2.97. The molecule has 0 bridgehead atoms. The Kier molecular flexibility index (Phi) is 7.39. The number of pyridine rings is 1. The largest absolute Gasteiger partial charge is 0.481 e. The van der Waals surface area contributed by atoms with Gasteiger partial charge in [0.2, 0.25) is 11.8 Å². The van der Waals surface area contributed by atoms with Crippen molar-refractivity contribution < 1.29 is 29.2 Å². The van der Waals surface area contributed by atoms with Crippen LogP contribution in [0.5, 0.6) is 5.88 Å². The molecule has 11 nitrogen and oxygen atoms in total. The molecule has 12 heteroatoms. The number of aryl methyl sites for hydroxylation is 1. The maximum atomic E-state index is 10.5. The van der Waals surface area contributed by atoms with E-state index in [4.69, 9.17) is 25.5 Å². The average Bonchev–Trinajstić information content (AvgIpc) is 3.35. The Hall–Kier alpha value is -2.70. The number of halogens is 1. The van der Waals surface area contributed by atoms with Crippen LogP contribution in [-0.2, 0) is 4.74 Å². The average molecular weight is 494 g/mol. The van der Waals surface area contributed by atoms with Crippen LogP contribution in [0.15, 0.2) is 16.5 Å². The molecule has 34 heavy (non-hydrogen) atoms. The van der Waals surface area contributed by atoms with Crippen molar-refractivity contribution in [3.63, 3.8) is 0 Å². The van der Waals surface area contributed by atoms with Crippen molar-refractivity contribution in [2.45, 2.75) is 31.6 Å². The van der Waals surface area contributed by atoms with E-state index in [0.717, 1.165) is 5.39 Å². The Balaban J connectivity index is 1.77. The fraction of sp³-hybridized carbons (Fsp3) is 0.500. The van der Waals surface area contributed by atoms with Gasteiger partial charge in [-0.2, -0.15) is 4.98 Å². The molecule has 0 aromatic carbocycles. The summed E-state index contributed by atoms with van der Waals surface area (Å²) in [4.78, 5) is 13.2. The molecule has 3 aromatic rings. The molecule has 3 aromatic heterocycles. The van der Waals surface area contributed by atoms with Crippen LogP contribution in [0.1, 0.15) is 12.1 Å². The monoisotopic (exact) mass is 493 g/mol. The second-order valence-corrected chi connectivity index (χ2v) is 8.53. The van der Waals surface area contributed by atoms with Crippen LogP contribution in [0.25, 0.3) is 22.3 Å². The topological polar surface area (TPSA) is 155 Å². The van der Waals surface area contributed by atoms with Gasteiger partial charge >= 0.3 is 0 Å². The van der Waals surface area contributed by atoms with E-state index in [1.54, 1.807) is 19.2 Å². The molecule has 4 rings (SSSR count). The number of nitrogens with zero attached hydrogens (tertiary/aromatic N) is 3. The molecule has 0 saturated heterocycles. The number of hydrogen-bond acceptors (Lipinski definition) is 11. The summed E-state index contributed by atoms with van der Waals surface area (Å²) in [5.41, 5.74) is 1.60. The lowest BCUT2D eigenvalue weighted by molar-refractivity contribution is 0.00446. The number of rotatable bonds is 9. The first-order chi connectivity index (χ1) is 16.4. The number of aliphatic hydroxyl groups is 3. The second-order valence-electron chi connectivity index (χ2n) is 8.17. The van der Waals surface area contributed by atoms with Crippen molar-refractivity contribution in [2.24, 2.45) is 5.92 Å². The Morgan fingerprint density at radius 1 is 1.18 bits per heavy atom. The number of fused-ring (bicyclic) bond motifs is 1. The number of furan rings is 1. The van der Waals surface area contributed by atoms with Gasteiger partial charge in [0.15, 0.2) is 5.58 Å². The number of aliphatic hydroxyl groups excluding tert-OH is 3. The van der Waals surface area contributed by atoms with E-state index in [1.807, 2.05) is 6.92 Å². The molecule has 0 amide bonds. The summed E-state index contributed by atoms with van der Waals surface area (Å²) < 4.78 is 16.4. The number of methoxy groups -OCH3 is 2. The predicted molar refractivity (Wildman–Crippen MR) is 126 cm³/mol. The van der Waals surface area contributed by atoms with Gasteiger partial charge in [0.1, 0.15) is 22.8 Å². The molecule has 184 valence electrons. The summed E-state index contributed by atoms with van der Waals surface area (Å²) in [5, 5.41) is 37.4. The molecule has 1 fully saturated rings. The SMILES string of the molecule is COCCNc1nc(Cl)c(-c2cc3cc(OC)nc(C)c3o2)c(N[C@@H]2C[C@H](CO)[C@@H](O)[C@H]2O)n1. The van der Waals surface area contributed by atoms with E-state index in [0.29, 0.717) is 53.9 Å². The molecule has 5 N–H and O–H groups in total. The van der Waals surface area contributed by atoms with Gasteiger partial charge in [-0.1, -0.05) is 11.6 Å². The van der Waals surface area contributed by atoms with E-state index in [-0.39, 0.29) is 17.7 Å². The molecular weight excluding hydrogens is 466 g/mol. The molecule has 0 radical (unpaired) electrons. The van der Waals surface area contributed by atoms with Crippen molar-refractivity contribution in [3.8, 4) is 17.2 Å². The third kappa shape index (κ3) is 4.75. The standard InChI is InChI=1S/C22H28ClN5O6/c1-10-19-11(8-15(25-10)33-3)7-14(34-19)16-20(23)27-22(24-4-5-32-2)28-21(16)26-13-6-12(9-29)17(30)18(13)31/h7-8,12-13,17-18,29-31H,4-6,9H2,1-3H3,(H2,24,26,27,28)/t12-,13-,17-,18+/m1/s1. The highest BCUT2D eigenvalue weighted by Crippen LogP contribution is 2.39. The van der Waals surface area contributed by atoms with Crippen molar-refractivity contribution in [1.82, 2.24) is 15.0 Å². The number of nitrogens with one attached hydrogen (secondary N) is 2. The zero-order valence-electron chi connectivity index (χ0n) is 19.1. The highest BCUT2D eigenvalue weighted by atomic mass is 35.5. The zero-order valence-corrected chi connectivity index (χ0v) is 19.8. The minimum Gasteiger partial charge on any atom is -0.481 e. The quantitative estimate of drug-likeness (QED) is 0.219. The van der Waals surface area contributed by atoms with E-state index < -0.39 is 24.2 Å². The first kappa shape index (κ1) is 24.4. The van der Waals surface area contributed by atoms with Crippen LogP contribution in [0.4, 0.5) is 11.8 Å². The van der Waals surface area contributed by atoms with Gasteiger partial charge < -0.3 is 39.8 Å². The summed E-state index contributed by atoms with van der Waals surface area (Å²) >= 11 is 6.60. The smallest absolute Gasteiger partial charge is 0.226 e. The van der Waals surface area contributed by atoms with Crippen LogP contribution in [0, 0.1) is 12.8 Å². The highest BCUT2D eigenvalue weighted by Gasteiger charge is 2.41. The molecule has 1 aliphatic carbocycles. The molecule has 4 atom stereocenters. The Bertz CT molecular complexity index is 1160. The molecule has 1 aliphatic rings. The second kappa shape index (κ2) is 10.3. The maximum absolute atomic E-state index is 10.5. The molecule has 0 unspecified atom stereocenters. The number of anilines is 2. The third-order valence-electron chi connectivity index (χ3n) is 5.91. The van der Waals surface area contributed by atoms with Gasteiger partial charge in [-0.3, -0.25) is 0 Å². The first-order valence-electron chi connectivity index (χ1n) is 10.9. The van der Waals surface area contributed by atoms with E-state index >= 15 is 0 Å². The predicted octanol–water partition coefficient (Wildman–Crippen LogP) is 1.83. The number of ether oxygens (including phenoxy) is 2. The molecular formula is C22H28ClN5O6. The normalized spacial score (nSPS) is 22.3. The lowest BCUT2D eigenvalue weighted by Gasteiger charge is -2.21. The molecule has 0 spiro atoms. The summed E-state index contributed by atoms with van der Waals surface area (Å²) in [7, 11) is 3.13. The number of aromatic nitrogens is 3. The zero-order chi connectivity index (χ0) is 24.4. The van der Waals surface area contributed by atoms with Gasteiger partial charge in [0, 0.05) is 37.6 Å². The third-order valence-corrected chi connectivity index (χ3v) is 6.19. The van der Waals surface area contributed by atoms with Gasteiger partial charge in [-0.25, -0.2) is 9.97 Å². The summed E-state index contributed by atoms with van der Waals surface area (Å²) in [5.74, 6) is 0.965. The van der Waals surface area contributed by atoms with Gasteiger partial charge in [-0.15, -0.1) is 0 Å². The molecule has 3 heterocycles. The van der Waals surface area contributed by atoms with Crippen LogP contribution in [-0.4, -0.2) is 82.5 Å². The minimum absolute atomic E-state index is 0.126. The number of hydrogen-bond donors (Lipinski definition) is 5. The highest BCUT2D eigenvalue weighted by molar-refractivity contribution is 6.32. The Morgan fingerprint density at radius 3 is 2.65 bits per heavy atom. The van der Waals surface area contributed by atoms with Crippen molar-refractivity contribution in [2.75, 3.05) is 44.6 Å². The van der Waals surface area contributed by atoms with Crippen molar-refractivity contribution >= 4 is 34.3 Å². The van der Waals surface area contributed by atoms with E-state index in [9.17, 15) is 15.3 Å². The molecule has 0 aliphatic heterocycles. The van der Waals surface area contributed by atoms with Gasteiger partial charge in [0.25, 0.3) is 0 Å². The maximum Gasteiger partial charge on any atom is 0.226 e. The minimum atomic E-state index is -1.10. The summed E-state index contributed by atoms with van der Waals surface area (Å²) in [6.07, 6.45) is -1.82. The first-order valence-corrected chi connectivity index (χ1v) is 11.2. The van der Waals surface area contributed by atoms with Gasteiger partial charge in [0.05, 0.1) is 37.1 Å². The molecule has 1 saturated carbocycles. The van der Waals surface area contributed by atoms with E-state index in [2.05, 4.69) is 25.6 Å². The fourth-order valence-electron chi connectivity index (χ4n) is 4.13. The van der Waals surface area contributed by atoms with Crippen LogP contribution < -0.4 is 15.4 Å². The van der Waals surface area contributed by atoms with Crippen LogP contribution >= 0.6 is 11.6 Å². The lowest BCUT2D eigenvalue weighted by Crippen LogP contribution is -2.35. The van der Waals surface area contributed by atoms with Crippen molar-refractivity contribution in [1.29, 1.82) is 0 Å². The van der Waals surface area contributed by atoms with Crippen LogP contribution in [0.2, 0.25) is 5.15 Å². The van der Waals surface area contributed by atoms with Crippen molar-refractivity contribution in [3.05, 3.63) is 23.0 Å². The lowest BCUT2D eigenvalue weighted by atomic mass is 10.1. The summed E-state index contributed by atoms with van der Waals surface area (Å²) in [6.45, 7) is 2.46. The van der Waals surface area contributed by atoms with Gasteiger partial charge in [-0.05, 0) is 19.4 Å². The fourth-order valence-corrected chi connectivity index (χ4v) is 4.39. The Morgan fingerprint density at radius 2 is 1.97 bits per heavy atom. The van der Waals surface area contributed by atoms with E-state index in [1.165, 1.54) is 7.11 Å². The Labute approximate surface area is 201 Å². The van der Waals surface area contributed by atoms with Crippen LogP contribution in [0.3, 0.4) is 0 Å².